The summed E-state index contributed by atoms with van der Waals surface area (Å²) in [7, 11) is 0. The lowest BCUT2D eigenvalue weighted by molar-refractivity contribution is -0.137. The van der Waals surface area contributed by atoms with E-state index in [0.717, 1.165) is 53.5 Å². The number of ether oxygens (including phenoxy) is 1. The number of nitrogens with one attached hydrogen (secondary N) is 1. The maximum absolute atomic E-state index is 14.2. The molecule has 0 unspecified atom stereocenters. The summed E-state index contributed by atoms with van der Waals surface area (Å²) in [5.41, 5.74) is 1.63. The van der Waals surface area contributed by atoms with E-state index in [1.165, 1.54) is 0 Å². The van der Waals surface area contributed by atoms with Gasteiger partial charge in [-0.05, 0) is 61.2 Å². The molecular weight excluding hydrogens is 455 g/mol. The van der Waals surface area contributed by atoms with Crippen LogP contribution in [0.15, 0.2) is 48.9 Å². The maximum atomic E-state index is 14.2. The molecule has 176 valence electrons. The second kappa shape index (κ2) is 9.20. The molecule has 0 atom stereocenters. The lowest BCUT2D eigenvalue weighted by atomic mass is 10.00. The minimum atomic E-state index is -4.49. The summed E-state index contributed by atoms with van der Waals surface area (Å²) in [5, 5.41) is 3.00. The average Bonchev–Trinajstić information content (AvgIpc) is 2.80. The van der Waals surface area contributed by atoms with E-state index in [-0.39, 0.29) is 22.6 Å². The molecule has 0 aliphatic rings. The molecule has 0 spiro atoms. The lowest BCUT2D eigenvalue weighted by Crippen LogP contribution is -2.09. The van der Waals surface area contributed by atoms with Gasteiger partial charge < -0.3 is 10.1 Å². The van der Waals surface area contributed by atoms with Crippen molar-refractivity contribution in [3.8, 4) is 11.6 Å². The van der Waals surface area contributed by atoms with Gasteiger partial charge in [0.05, 0.1) is 10.9 Å². The molecule has 0 fully saturated rings. The van der Waals surface area contributed by atoms with E-state index < -0.39 is 23.4 Å². The van der Waals surface area contributed by atoms with Gasteiger partial charge >= 0.3 is 6.18 Å². The van der Waals surface area contributed by atoms with Crippen LogP contribution in [0.25, 0.3) is 10.9 Å². The summed E-state index contributed by atoms with van der Waals surface area (Å²) in [6, 6.07) is 7.22. The predicted octanol–water partition coefficient (Wildman–Crippen LogP) is 6.39. The molecule has 0 radical (unpaired) electrons. The minimum Gasteiger partial charge on any atom is -0.439 e. The first kappa shape index (κ1) is 23.3. The number of alkyl halides is 3. The Morgan fingerprint density at radius 1 is 0.912 bits per heavy atom. The van der Waals surface area contributed by atoms with Crippen LogP contribution < -0.4 is 10.1 Å². The fourth-order valence-corrected chi connectivity index (χ4v) is 3.54. The maximum Gasteiger partial charge on any atom is 0.416 e. The van der Waals surface area contributed by atoms with Gasteiger partial charge in [-0.2, -0.15) is 13.2 Å². The quantitative estimate of drug-likeness (QED) is 0.329. The Morgan fingerprint density at radius 3 is 2.44 bits per heavy atom. The third-order valence-corrected chi connectivity index (χ3v) is 5.50. The summed E-state index contributed by atoms with van der Waals surface area (Å²) in [6.45, 7) is 4.04. The predicted molar refractivity (Wildman–Crippen MR) is 117 cm³/mol. The van der Waals surface area contributed by atoms with E-state index in [1.54, 1.807) is 19.1 Å². The van der Waals surface area contributed by atoms with Crippen LogP contribution in [0.5, 0.6) is 11.6 Å². The van der Waals surface area contributed by atoms with Crippen LogP contribution in [0.1, 0.15) is 22.3 Å². The highest BCUT2D eigenvalue weighted by atomic mass is 19.4. The standard InChI is InChI=1S/C24H19F5N4O/c1-13-14(2)19(34-20-11-16(8-10-30-20)24(27,28)29)6-3-15(13)7-9-31-23-21-17(25)4-5-18(26)22(21)32-12-33-23/h3-6,8,10-12H,7,9H2,1-2H3,(H,31,32,33). The molecule has 4 rings (SSSR count). The second-order valence-electron chi connectivity index (χ2n) is 7.61. The summed E-state index contributed by atoms with van der Waals surface area (Å²) >= 11 is 0. The number of benzene rings is 2. The molecule has 0 aliphatic heterocycles. The van der Waals surface area contributed by atoms with Crippen LogP contribution in [0.2, 0.25) is 0 Å². The van der Waals surface area contributed by atoms with Crippen LogP contribution in [0, 0.1) is 25.5 Å². The largest absolute Gasteiger partial charge is 0.439 e. The van der Waals surface area contributed by atoms with Gasteiger partial charge in [-0.25, -0.2) is 23.7 Å². The zero-order valence-corrected chi connectivity index (χ0v) is 18.2. The normalized spacial score (nSPS) is 11.6. The van der Waals surface area contributed by atoms with Gasteiger partial charge in [0.15, 0.2) is 0 Å². The molecule has 34 heavy (non-hydrogen) atoms. The molecular formula is C24H19F5N4O. The van der Waals surface area contributed by atoms with Crippen molar-refractivity contribution in [1.29, 1.82) is 0 Å². The second-order valence-corrected chi connectivity index (χ2v) is 7.61. The fourth-order valence-electron chi connectivity index (χ4n) is 3.54. The topological polar surface area (TPSA) is 59.9 Å². The highest BCUT2D eigenvalue weighted by molar-refractivity contribution is 5.89. The Morgan fingerprint density at radius 2 is 1.68 bits per heavy atom. The van der Waals surface area contributed by atoms with Crippen molar-refractivity contribution < 1.29 is 26.7 Å². The number of hydrogen-bond donors (Lipinski definition) is 1. The van der Waals surface area contributed by atoms with E-state index in [4.69, 9.17) is 4.74 Å². The first-order chi connectivity index (χ1) is 16.1. The summed E-state index contributed by atoms with van der Waals surface area (Å²) in [5.74, 6) is -0.848. The van der Waals surface area contributed by atoms with Crippen molar-refractivity contribution in [2.45, 2.75) is 26.4 Å². The van der Waals surface area contributed by atoms with Crippen molar-refractivity contribution >= 4 is 16.7 Å². The van der Waals surface area contributed by atoms with Crippen LogP contribution in [-0.2, 0) is 12.6 Å². The first-order valence-corrected chi connectivity index (χ1v) is 10.3. The number of fused-ring (bicyclic) bond motifs is 1. The Bertz CT molecular complexity index is 1360. The fraction of sp³-hybridized carbons (Fsp3) is 0.208. The third-order valence-electron chi connectivity index (χ3n) is 5.50. The molecule has 0 saturated carbocycles. The van der Waals surface area contributed by atoms with Gasteiger partial charge in [0.2, 0.25) is 5.88 Å². The molecule has 2 aromatic carbocycles. The van der Waals surface area contributed by atoms with Gasteiger partial charge in [0.1, 0.15) is 35.0 Å². The minimum absolute atomic E-state index is 0.0206. The molecule has 0 amide bonds. The smallest absolute Gasteiger partial charge is 0.416 e. The van der Waals surface area contributed by atoms with Crippen LogP contribution >= 0.6 is 0 Å². The molecule has 2 heterocycles. The van der Waals surface area contributed by atoms with Crippen molar-refractivity contribution in [3.05, 3.63) is 82.8 Å². The number of hydrogen-bond acceptors (Lipinski definition) is 5. The SMILES string of the molecule is Cc1c(CCNc2ncnc3c(F)ccc(F)c23)ccc(Oc2cc(C(F)(F)F)ccn2)c1C. The molecule has 0 bridgehead atoms. The van der Waals surface area contributed by atoms with Gasteiger partial charge in [0.25, 0.3) is 0 Å². The molecule has 0 saturated heterocycles. The number of nitrogens with zero attached hydrogens (tertiary/aromatic N) is 3. The van der Waals surface area contributed by atoms with Crippen LogP contribution in [-0.4, -0.2) is 21.5 Å². The molecule has 4 aromatic rings. The van der Waals surface area contributed by atoms with Crippen molar-refractivity contribution in [1.82, 2.24) is 15.0 Å². The van der Waals surface area contributed by atoms with Gasteiger partial charge in [0, 0.05) is 18.8 Å². The molecule has 2 aromatic heterocycles. The molecule has 0 aliphatic carbocycles. The van der Waals surface area contributed by atoms with Crippen molar-refractivity contribution in [3.63, 3.8) is 0 Å². The third kappa shape index (κ3) is 4.75. The number of halogens is 5. The number of anilines is 1. The highest BCUT2D eigenvalue weighted by Gasteiger charge is 2.31. The summed E-state index contributed by atoms with van der Waals surface area (Å²) in [4.78, 5) is 11.7. The van der Waals surface area contributed by atoms with E-state index in [1.807, 2.05) is 6.92 Å². The van der Waals surface area contributed by atoms with Crippen molar-refractivity contribution in [2.24, 2.45) is 0 Å². The Balaban J connectivity index is 1.49. The Kier molecular flexibility index (Phi) is 6.32. The molecule has 5 nitrogen and oxygen atoms in total. The lowest BCUT2D eigenvalue weighted by Gasteiger charge is -2.15. The monoisotopic (exact) mass is 474 g/mol. The van der Waals surface area contributed by atoms with E-state index in [2.05, 4.69) is 20.3 Å². The number of pyridine rings is 1. The van der Waals surface area contributed by atoms with E-state index >= 15 is 0 Å². The first-order valence-electron chi connectivity index (χ1n) is 10.3. The van der Waals surface area contributed by atoms with Crippen LogP contribution in [0.4, 0.5) is 27.8 Å². The van der Waals surface area contributed by atoms with Crippen LogP contribution in [0.3, 0.4) is 0 Å². The Labute approximate surface area is 191 Å². The molecule has 1 N–H and O–H groups in total. The number of aromatic nitrogens is 3. The summed E-state index contributed by atoms with van der Waals surface area (Å²) < 4.78 is 72.6. The van der Waals surface area contributed by atoms with Gasteiger partial charge in [-0.3, -0.25) is 0 Å². The van der Waals surface area contributed by atoms with Crippen molar-refractivity contribution in [2.75, 3.05) is 11.9 Å². The van der Waals surface area contributed by atoms with Gasteiger partial charge in [-0.15, -0.1) is 0 Å². The number of rotatable bonds is 6. The average molecular weight is 474 g/mol. The Hall–Kier alpha value is -3.82. The van der Waals surface area contributed by atoms with E-state index in [0.29, 0.717) is 18.7 Å². The highest BCUT2D eigenvalue weighted by Crippen LogP contribution is 2.33. The van der Waals surface area contributed by atoms with E-state index in [9.17, 15) is 22.0 Å². The van der Waals surface area contributed by atoms with Gasteiger partial charge in [-0.1, -0.05) is 6.07 Å². The summed E-state index contributed by atoms with van der Waals surface area (Å²) in [6.07, 6.45) is -1.76. The zero-order chi connectivity index (χ0) is 24.5. The molecule has 10 heteroatoms. The zero-order valence-electron chi connectivity index (χ0n) is 18.2.